The van der Waals surface area contributed by atoms with Crippen LogP contribution in [0.4, 0.5) is 17.6 Å². The van der Waals surface area contributed by atoms with E-state index in [1.54, 1.807) is 4.72 Å². The Labute approximate surface area is 120 Å². The standard InChI is InChI=1S/C12H16F4N2O2S/c1-2-17-8-9-3-4-10(13)11(7-9)21(19,20)18-6-5-12(14,15)16/h3-4,7,17-18H,2,5-6,8H2,1H3. The van der Waals surface area contributed by atoms with Gasteiger partial charge in [0.2, 0.25) is 10.0 Å². The summed E-state index contributed by atoms with van der Waals surface area (Å²) in [5.41, 5.74) is 0.523. The molecule has 0 atom stereocenters. The Morgan fingerprint density at radius 1 is 1.24 bits per heavy atom. The summed E-state index contributed by atoms with van der Waals surface area (Å²) < 4.78 is 75.0. The van der Waals surface area contributed by atoms with Crippen LogP contribution < -0.4 is 10.0 Å². The number of alkyl halides is 3. The quantitative estimate of drug-likeness (QED) is 0.754. The van der Waals surface area contributed by atoms with E-state index in [9.17, 15) is 26.0 Å². The highest BCUT2D eigenvalue weighted by molar-refractivity contribution is 7.89. The number of rotatable bonds is 7. The van der Waals surface area contributed by atoms with E-state index in [-0.39, 0.29) is 0 Å². The molecule has 120 valence electrons. The number of hydrogen-bond donors (Lipinski definition) is 2. The minimum Gasteiger partial charge on any atom is -0.313 e. The van der Waals surface area contributed by atoms with Gasteiger partial charge in [-0.25, -0.2) is 17.5 Å². The third-order valence-electron chi connectivity index (χ3n) is 2.56. The van der Waals surface area contributed by atoms with Gasteiger partial charge >= 0.3 is 6.18 Å². The Balaban J connectivity index is 2.86. The zero-order valence-electron chi connectivity index (χ0n) is 11.3. The first kappa shape index (κ1) is 17.9. The molecule has 1 rings (SSSR count). The smallest absolute Gasteiger partial charge is 0.313 e. The maximum Gasteiger partial charge on any atom is 0.390 e. The molecule has 0 bridgehead atoms. The van der Waals surface area contributed by atoms with Crippen molar-refractivity contribution >= 4 is 10.0 Å². The maximum absolute atomic E-state index is 13.6. The first-order chi connectivity index (χ1) is 9.65. The zero-order valence-corrected chi connectivity index (χ0v) is 12.1. The number of benzene rings is 1. The fourth-order valence-electron chi connectivity index (χ4n) is 1.54. The minimum absolute atomic E-state index is 0.335. The average Bonchev–Trinajstić information content (AvgIpc) is 2.35. The van der Waals surface area contributed by atoms with E-state index in [1.165, 1.54) is 6.07 Å². The molecule has 2 N–H and O–H groups in total. The van der Waals surface area contributed by atoms with Crippen LogP contribution in [0.2, 0.25) is 0 Å². The molecule has 1 aromatic rings. The molecule has 0 fully saturated rings. The van der Waals surface area contributed by atoms with Gasteiger partial charge in [-0.15, -0.1) is 0 Å². The van der Waals surface area contributed by atoms with Crippen LogP contribution in [0.1, 0.15) is 18.9 Å². The largest absolute Gasteiger partial charge is 0.390 e. The van der Waals surface area contributed by atoms with E-state index in [0.29, 0.717) is 18.7 Å². The lowest BCUT2D eigenvalue weighted by atomic mass is 10.2. The number of hydrogen-bond acceptors (Lipinski definition) is 3. The van der Waals surface area contributed by atoms with Crippen molar-refractivity contribution in [3.05, 3.63) is 29.6 Å². The van der Waals surface area contributed by atoms with Crippen LogP contribution in [0, 0.1) is 5.82 Å². The van der Waals surface area contributed by atoms with Crippen LogP contribution in [0.3, 0.4) is 0 Å². The first-order valence-corrected chi connectivity index (χ1v) is 7.69. The van der Waals surface area contributed by atoms with Crippen LogP contribution in [-0.4, -0.2) is 27.7 Å². The third-order valence-corrected chi connectivity index (χ3v) is 4.04. The Kier molecular flexibility index (Phi) is 6.11. The van der Waals surface area contributed by atoms with Crippen molar-refractivity contribution in [2.24, 2.45) is 0 Å². The van der Waals surface area contributed by atoms with Gasteiger partial charge in [-0.1, -0.05) is 13.0 Å². The summed E-state index contributed by atoms with van der Waals surface area (Å²) in [4.78, 5) is -0.653. The van der Waals surface area contributed by atoms with Gasteiger partial charge in [-0.2, -0.15) is 13.2 Å². The van der Waals surface area contributed by atoms with Crippen LogP contribution in [0.15, 0.2) is 23.1 Å². The van der Waals surface area contributed by atoms with Crippen molar-refractivity contribution in [3.63, 3.8) is 0 Å². The van der Waals surface area contributed by atoms with Crippen LogP contribution in [0.25, 0.3) is 0 Å². The zero-order chi connectivity index (χ0) is 16.1. The SMILES string of the molecule is CCNCc1ccc(F)c(S(=O)(=O)NCCC(F)(F)F)c1. The van der Waals surface area contributed by atoms with Crippen molar-refractivity contribution in [1.29, 1.82) is 0 Å². The van der Waals surface area contributed by atoms with Gasteiger partial charge < -0.3 is 5.32 Å². The fourth-order valence-corrected chi connectivity index (χ4v) is 2.70. The van der Waals surface area contributed by atoms with E-state index >= 15 is 0 Å². The lowest BCUT2D eigenvalue weighted by Gasteiger charge is -2.11. The number of nitrogens with one attached hydrogen (secondary N) is 2. The highest BCUT2D eigenvalue weighted by Crippen LogP contribution is 2.20. The molecule has 0 unspecified atom stereocenters. The molecular weight excluding hydrogens is 312 g/mol. The van der Waals surface area contributed by atoms with E-state index in [4.69, 9.17) is 0 Å². The normalized spacial score (nSPS) is 12.6. The molecule has 9 heteroatoms. The molecule has 0 aliphatic carbocycles. The summed E-state index contributed by atoms with van der Waals surface area (Å²) in [6.45, 7) is 1.99. The lowest BCUT2D eigenvalue weighted by Crippen LogP contribution is -2.29. The summed E-state index contributed by atoms with van der Waals surface area (Å²) in [6, 6.07) is 3.49. The van der Waals surface area contributed by atoms with E-state index in [0.717, 1.165) is 12.1 Å². The van der Waals surface area contributed by atoms with Gasteiger partial charge in [-0.05, 0) is 24.2 Å². The Hall–Kier alpha value is -1.19. The van der Waals surface area contributed by atoms with Gasteiger partial charge in [0.25, 0.3) is 0 Å². The number of sulfonamides is 1. The van der Waals surface area contributed by atoms with Gasteiger partial charge in [0.15, 0.2) is 0 Å². The molecular formula is C12H16F4N2O2S. The Bertz CT molecular complexity index is 573. The van der Waals surface area contributed by atoms with Gasteiger partial charge in [0.05, 0.1) is 6.42 Å². The molecule has 4 nitrogen and oxygen atoms in total. The first-order valence-electron chi connectivity index (χ1n) is 6.21. The minimum atomic E-state index is -4.48. The predicted octanol–water partition coefficient (Wildman–Crippen LogP) is 2.17. The second kappa shape index (κ2) is 7.19. The van der Waals surface area contributed by atoms with Crippen molar-refractivity contribution in [2.45, 2.75) is 31.0 Å². The van der Waals surface area contributed by atoms with Gasteiger partial charge in [-0.3, -0.25) is 0 Å². The molecule has 0 spiro atoms. The lowest BCUT2D eigenvalue weighted by molar-refractivity contribution is -0.132. The maximum atomic E-state index is 13.6. The van der Waals surface area contributed by atoms with E-state index in [2.05, 4.69) is 5.32 Å². The molecule has 0 aromatic heterocycles. The highest BCUT2D eigenvalue weighted by atomic mass is 32.2. The van der Waals surface area contributed by atoms with Crippen molar-refractivity contribution in [3.8, 4) is 0 Å². The van der Waals surface area contributed by atoms with Crippen molar-refractivity contribution < 1.29 is 26.0 Å². The molecule has 1 aromatic carbocycles. The topological polar surface area (TPSA) is 58.2 Å². The molecule has 0 heterocycles. The summed E-state index contributed by atoms with van der Waals surface area (Å²) in [5, 5.41) is 2.94. The Morgan fingerprint density at radius 2 is 1.90 bits per heavy atom. The molecule has 0 aliphatic heterocycles. The molecule has 0 aliphatic rings. The number of halogens is 4. The van der Waals surface area contributed by atoms with E-state index in [1.807, 2.05) is 6.92 Å². The average molecular weight is 328 g/mol. The Morgan fingerprint density at radius 3 is 2.48 bits per heavy atom. The second-order valence-electron chi connectivity index (χ2n) is 4.31. The molecule has 0 radical (unpaired) electrons. The van der Waals surface area contributed by atoms with E-state index < -0.39 is 39.9 Å². The molecule has 0 amide bonds. The predicted molar refractivity (Wildman–Crippen MR) is 69.6 cm³/mol. The third kappa shape index (κ3) is 5.98. The van der Waals surface area contributed by atoms with Gasteiger partial charge in [0, 0.05) is 13.1 Å². The second-order valence-corrected chi connectivity index (χ2v) is 6.04. The molecule has 21 heavy (non-hydrogen) atoms. The van der Waals surface area contributed by atoms with Crippen LogP contribution in [-0.2, 0) is 16.6 Å². The summed E-state index contributed by atoms with van der Waals surface area (Å²) in [5.74, 6) is -1.00. The highest BCUT2D eigenvalue weighted by Gasteiger charge is 2.28. The molecule has 0 saturated heterocycles. The summed E-state index contributed by atoms with van der Waals surface area (Å²) in [6.07, 6.45) is -5.79. The van der Waals surface area contributed by atoms with Crippen LogP contribution in [0.5, 0.6) is 0 Å². The van der Waals surface area contributed by atoms with Crippen molar-refractivity contribution in [2.75, 3.05) is 13.1 Å². The molecule has 0 saturated carbocycles. The monoisotopic (exact) mass is 328 g/mol. The van der Waals surface area contributed by atoms with Crippen LogP contribution >= 0.6 is 0 Å². The van der Waals surface area contributed by atoms with Gasteiger partial charge in [0.1, 0.15) is 10.7 Å². The van der Waals surface area contributed by atoms with Crippen molar-refractivity contribution in [1.82, 2.24) is 10.0 Å². The fraction of sp³-hybridized carbons (Fsp3) is 0.500. The summed E-state index contributed by atoms with van der Waals surface area (Å²) in [7, 11) is -4.31. The summed E-state index contributed by atoms with van der Waals surface area (Å²) >= 11 is 0.